The summed E-state index contributed by atoms with van der Waals surface area (Å²) in [6.45, 7) is 0. The van der Waals surface area contributed by atoms with Gasteiger partial charge in [0, 0.05) is 12.8 Å². The van der Waals surface area contributed by atoms with Crippen LogP contribution < -0.4 is 11.0 Å². The lowest BCUT2D eigenvalue weighted by Gasteiger charge is -2.03. The number of rotatable bonds is 6. The van der Waals surface area contributed by atoms with Crippen molar-refractivity contribution in [3.8, 4) is 5.75 Å². The number of carbonyl (C=O) groups is 1. The molecule has 0 aliphatic carbocycles. The number of aromatic hydroxyl groups is 1. The Labute approximate surface area is 149 Å². The van der Waals surface area contributed by atoms with E-state index in [1.807, 2.05) is 6.07 Å². The van der Waals surface area contributed by atoms with E-state index in [1.54, 1.807) is 42.5 Å². The molecule has 1 heterocycles. The van der Waals surface area contributed by atoms with Crippen molar-refractivity contribution in [2.24, 2.45) is 5.10 Å². The molecule has 2 aromatic carbocycles. The van der Waals surface area contributed by atoms with Gasteiger partial charge in [0.1, 0.15) is 11.6 Å². The average molecular weight is 350 g/mol. The number of nitrogens with zero attached hydrogens (tertiary/aromatic N) is 2. The molecule has 0 aliphatic heterocycles. The summed E-state index contributed by atoms with van der Waals surface area (Å²) >= 11 is 0. The minimum Gasteiger partial charge on any atom is -0.508 e. The number of carbonyl (C=O) groups excluding carboxylic acids is 1. The SMILES string of the molecule is O=C(CCCc1nc2ccccc2c(=O)[nH]1)N/N=C/c1ccc(O)cc1. The number of para-hydroxylation sites is 1. The zero-order valence-corrected chi connectivity index (χ0v) is 14.0. The van der Waals surface area contributed by atoms with Crippen LogP contribution in [0.15, 0.2) is 58.4 Å². The van der Waals surface area contributed by atoms with Crippen molar-refractivity contribution < 1.29 is 9.90 Å². The largest absolute Gasteiger partial charge is 0.508 e. The second-order valence-electron chi connectivity index (χ2n) is 5.77. The van der Waals surface area contributed by atoms with E-state index in [4.69, 9.17) is 0 Å². The molecule has 0 saturated heterocycles. The Bertz CT molecular complexity index is 994. The van der Waals surface area contributed by atoms with Crippen LogP contribution in [0.25, 0.3) is 10.9 Å². The quantitative estimate of drug-likeness (QED) is 0.467. The van der Waals surface area contributed by atoms with Gasteiger partial charge in [0.15, 0.2) is 0 Å². The van der Waals surface area contributed by atoms with Gasteiger partial charge >= 0.3 is 0 Å². The monoisotopic (exact) mass is 350 g/mol. The van der Waals surface area contributed by atoms with Crippen molar-refractivity contribution in [3.05, 3.63) is 70.3 Å². The van der Waals surface area contributed by atoms with Crippen LogP contribution in [0.2, 0.25) is 0 Å². The Balaban J connectivity index is 1.49. The van der Waals surface area contributed by atoms with Crippen molar-refractivity contribution in [2.75, 3.05) is 0 Å². The molecule has 132 valence electrons. The number of hydrogen-bond donors (Lipinski definition) is 3. The van der Waals surface area contributed by atoms with Gasteiger partial charge in [-0.2, -0.15) is 5.10 Å². The molecule has 0 saturated carbocycles. The lowest BCUT2D eigenvalue weighted by Crippen LogP contribution is -2.18. The van der Waals surface area contributed by atoms with Gasteiger partial charge in [-0.05, 0) is 48.4 Å². The van der Waals surface area contributed by atoms with E-state index in [-0.39, 0.29) is 23.6 Å². The third-order valence-corrected chi connectivity index (χ3v) is 3.78. The molecule has 0 unspecified atom stereocenters. The molecule has 3 aromatic rings. The average Bonchev–Trinajstić information content (AvgIpc) is 2.63. The van der Waals surface area contributed by atoms with Crippen molar-refractivity contribution in [1.82, 2.24) is 15.4 Å². The highest BCUT2D eigenvalue weighted by molar-refractivity contribution is 5.82. The maximum atomic E-state index is 12.0. The maximum absolute atomic E-state index is 12.0. The molecule has 26 heavy (non-hydrogen) atoms. The number of hydrogen-bond acceptors (Lipinski definition) is 5. The molecule has 1 aromatic heterocycles. The molecule has 3 rings (SSSR count). The van der Waals surface area contributed by atoms with Gasteiger partial charge in [-0.15, -0.1) is 0 Å². The summed E-state index contributed by atoms with van der Waals surface area (Å²) in [5, 5.41) is 13.6. The third kappa shape index (κ3) is 4.54. The predicted molar refractivity (Wildman–Crippen MR) is 99.1 cm³/mol. The number of phenols is 1. The Morgan fingerprint density at radius 1 is 1.19 bits per heavy atom. The first-order valence-electron chi connectivity index (χ1n) is 8.21. The molecule has 0 fully saturated rings. The summed E-state index contributed by atoms with van der Waals surface area (Å²) in [6.07, 6.45) is 2.81. The van der Waals surface area contributed by atoms with E-state index in [0.717, 1.165) is 5.56 Å². The van der Waals surface area contributed by atoms with Crippen molar-refractivity contribution in [3.63, 3.8) is 0 Å². The molecule has 3 N–H and O–H groups in total. The molecule has 0 spiro atoms. The van der Waals surface area contributed by atoms with E-state index in [0.29, 0.717) is 29.6 Å². The fourth-order valence-corrected chi connectivity index (χ4v) is 2.46. The van der Waals surface area contributed by atoms with Gasteiger partial charge in [0.05, 0.1) is 17.1 Å². The van der Waals surface area contributed by atoms with Gasteiger partial charge in [-0.25, -0.2) is 10.4 Å². The van der Waals surface area contributed by atoms with E-state index in [1.165, 1.54) is 6.21 Å². The molecule has 0 aliphatic rings. The molecule has 7 heteroatoms. The smallest absolute Gasteiger partial charge is 0.258 e. The van der Waals surface area contributed by atoms with Crippen molar-refractivity contribution >= 4 is 23.0 Å². The highest BCUT2D eigenvalue weighted by Crippen LogP contribution is 2.08. The number of phenolic OH excluding ortho intramolecular Hbond substituents is 1. The number of hydrazone groups is 1. The number of amides is 1. The summed E-state index contributed by atoms with van der Waals surface area (Å²) < 4.78 is 0. The molecule has 1 amide bonds. The van der Waals surface area contributed by atoms with Crippen LogP contribution >= 0.6 is 0 Å². The number of H-pyrrole nitrogens is 1. The first-order valence-corrected chi connectivity index (χ1v) is 8.21. The Hall–Kier alpha value is -3.48. The number of aromatic amines is 1. The predicted octanol–water partition coefficient (Wildman–Crippen LogP) is 2.10. The van der Waals surface area contributed by atoms with Crippen LogP contribution in [-0.4, -0.2) is 27.2 Å². The molecule has 0 bridgehead atoms. The van der Waals surface area contributed by atoms with Gasteiger partial charge in [0.25, 0.3) is 5.56 Å². The minimum atomic E-state index is -0.219. The third-order valence-electron chi connectivity index (χ3n) is 3.78. The van der Waals surface area contributed by atoms with Crippen molar-refractivity contribution in [2.45, 2.75) is 19.3 Å². The number of nitrogens with one attached hydrogen (secondary N) is 2. The zero-order chi connectivity index (χ0) is 18.4. The van der Waals surface area contributed by atoms with Crippen LogP contribution in [0.4, 0.5) is 0 Å². The number of fused-ring (bicyclic) bond motifs is 1. The number of benzene rings is 2. The first-order chi connectivity index (χ1) is 12.6. The van der Waals surface area contributed by atoms with E-state index in [9.17, 15) is 14.7 Å². The van der Waals surface area contributed by atoms with Crippen LogP contribution in [0.3, 0.4) is 0 Å². The van der Waals surface area contributed by atoms with Gasteiger partial charge < -0.3 is 10.1 Å². The van der Waals surface area contributed by atoms with Gasteiger partial charge in [-0.3, -0.25) is 9.59 Å². The fourth-order valence-electron chi connectivity index (χ4n) is 2.46. The van der Waals surface area contributed by atoms with E-state index in [2.05, 4.69) is 20.5 Å². The topological polar surface area (TPSA) is 107 Å². The van der Waals surface area contributed by atoms with Gasteiger partial charge in [-0.1, -0.05) is 12.1 Å². The summed E-state index contributed by atoms with van der Waals surface area (Å²) in [4.78, 5) is 30.9. The van der Waals surface area contributed by atoms with Crippen LogP contribution in [0, 0.1) is 0 Å². The minimum absolute atomic E-state index is 0.173. The van der Waals surface area contributed by atoms with Crippen LogP contribution in [-0.2, 0) is 11.2 Å². The second kappa shape index (κ2) is 8.06. The maximum Gasteiger partial charge on any atom is 0.258 e. The molecule has 7 nitrogen and oxygen atoms in total. The normalized spacial score (nSPS) is 11.1. The Morgan fingerprint density at radius 3 is 2.77 bits per heavy atom. The molecular weight excluding hydrogens is 332 g/mol. The summed E-state index contributed by atoms with van der Waals surface area (Å²) in [6, 6.07) is 13.6. The number of aromatic nitrogens is 2. The second-order valence-corrected chi connectivity index (χ2v) is 5.77. The van der Waals surface area contributed by atoms with Crippen LogP contribution in [0.1, 0.15) is 24.2 Å². The molecular formula is C19H18N4O3. The zero-order valence-electron chi connectivity index (χ0n) is 14.0. The summed E-state index contributed by atoms with van der Waals surface area (Å²) in [5.74, 6) is 0.517. The first kappa shape index (κ1) is 17.3. The lowest BCUT2D eigenvalue weighted by atomic mass is 10.2. The Kier molecular flexibility index (Phi) is 5.38. The lowest BCUT2D eigenvalue weighted by molar-refractivity contribution is -0.121. The van der Waals surface area contributed by atoms with Crippen molar-refractivity contribution in [1.29, 1.82) is 0 Å². The van der Waals surface area contributed by atoms with E-state index >= 15 is 0 Å². The standard InChI is InChI=1S/C19H18N4O3/c24-14-10-8-13(9-11-14)12-20-23-18(25)7-3-6-17-21-16-5-2-1-4-15(16)19(26)22-17/h1-2,4-5,8-12,24H,3,6-7H2,(H,23,25)(H,21,22,26)/b20-12+. The van der Waals surface area contributed by atoms with Gasteiger partial charge in [0.2, 0.25) is 5.91 Å². The van der Waals surface area contributed by atoms with Crippen LogP contribution in [0.5, 0.6) is 5.75 Å². The van der Waals surface area contributed by atoms with E-state index < -0.39 is 0 Å². The summed E-state index contributed by atoms with van der Waals surface area (Å²) in [5.41, 5.74) is 3.69. The molecule has 0 radical (unpaired) electrons. The highest BCUT2D eigenvalue weighted by Gasteiger charge is 2.05. The fraction of sp³-hybridized carbons (Fsp3) is 0.158. The highest BCUT2D eigenvalue weighted by atomic mass is 16.3. The molecule has 0 atom stereocenters. The Morgan fingerprint density at radius 2 is 1.96 bits per heavy atom. The number of aryl methyl sites for hydroxylation is 1. The summed E-state index contributed by atoms with van der Waals surface area (Å²) in [7, 11) is 0.